The number of anilines is 1. The molecule has 12 heteroatoms. The number of nitrogens with zero attached hydrogens (tertiary/aromatic N) is 6. The Morgan fingerprint density at radius 3 is 2.48 bits per heavy atom. The molecule has 2 fully saturated rings. The van der Waals surface area contributed by atoms with Gasteiger partial charge in [-0.05, 0) is 17.9 Å². The molecule has 3 aromatic heterocycles. The van der Waals surface area contributed by atoms with Gasteiger partial charge in [0, 0.05) is 31.3 Å². The van der Waals surface area contributed by atoms with Crippen molar-refractivity contribution in [3.63, 3.8) is 0 Å². The lowest BCUT2D eigenvalue weighted by Crippen LogP contribution is -2.26. The Morgan fingerprint density at radius 2 is 1.84 bits per heavy atom. The van der Waals surface area contributed by atoms with Crippen LogP contribution in [0.15, 0.2) is 30.7 Å². The molecular formula is C19H17F5N6O. The van der Waals surface area contributed by atoms with Crippen LogP contribution in [0.2, 0.25) is 0 Å². The van der Waals surface area contributed by atoms with Crippen LogP contribution in [0.25, 0.3) is 11.2 Å². The number of hydrogen-bond donors (Lipinski definition) is 0. The highest BCUT2D eigenvalue weighted by atomic mass is 19.4. The molecule has 0 unspecified atom stereocenters. The third-order valence-corrected chi connectivity index (χ3v) is 5.83. The summed E-state index contributed by atoms with van der Waals surface area (Å²) in [5, 5.41) is 3.92. The van der Waals surface area contributed by atoms with Gasteiger partial charge in [0.1, 0.15) is 17.9 Å². The molecule has 7 nitrogen and oxygen atoms in total. The average Bonchev–Trinajstić information content (AvgIpc) is 3.04. The Balaban J connectivity index is 1.18. The van der Waals surface area contributed by atoms with Crippen LogP contribution in [0.3, 0.4) is 0 Å². The molecule has 0 aromatic carbocycles. The van der Waals surface area contributed by atoms with Gasteiger partial charge in [-0.15, -0.1) is 0 Å². The van der Waals surface area contributed by atoms with Crippen molar-refractivity contribution in [3.05, 3.63) is 36.3 Å². The second kappa shape index (κ2) is 7.27. The largest absolute Gasteiger partial charge is 0.477 e. The minimum atomic E-state index is -4.43. The van der Waals surface area contributed by atoms with Crippen molar-refractivity contribution in [1.82, 2.24) is 24.7 Å². The highest BCUT2D eigenvalue weighted by Crippen LogP contribution is 2.52. The first-order chi connectivity index (χ1) is 14.8. The number of halogens is 5. The Morgan fingerprint density at radius 1 is 1.06 bits per heavy atom. The molecule has 4 heterocycles. The fraction of sp³-hybridized carbons (Fsp3) is 0.474. The maximum atomic E-state index is 12.7. The standard InChI is InChI=1S/C19H17F5N6O/c20-15(21)8-30-18-14(4-27-30)25-5-16(28-18)29-6-11-12(7-29)13(11)9-31-17-2-1-10(3-26-17)19(22,23)24/h1-5,11-13,15H,6-9H2/t11-,12+,13+. The zero-order valence-corrected chi connectivity index (χ0v) is 16.0. The third kappa shape index (κ3) is 3.86. The van der Waals surface area contributed by atoms with Crippen molar-refractivity contribution in [3.8, 4) is 5.88 Å². The SMILES string of the molecule is FC(F)Cn1ncc2ncc(N3C[C@@H]4[C@@H](COc5ccc(C(F)(F)F)cn5)[C@@H]4C3)nc21. The van der Waals surface area contributed by atoms with Crippen LogP contribution >= 0.6 is 0 Å². The molecule has 1 aliphatic heterocycles. The third-order valence-electron chi connectivity index (χ3n) is 5.83. The molecular weight excluding hydrogens is 423 g/mol. The van der Waals surface area contributed by atoms with Gasteiger partial charge in [-0.3, -0.25) is 0 Å². The minimum absolute atomic E-state index is 0.165. The number of aromatic nitrogens is 5. The number of piperidine rings is 1. The molecule has 3 aromatic rings. The van der Waals surface area contributed by atoms with Gasteiger partial charge in [-0.1, -0.05) is 0 Å². The molecule has 3 atom stereocenters. The molecule has 5 rings (SSSR count). The summed E-state index contributed by atoms with van der Waals surface area (Å²) >= 11 is 0. The van der Waals surface area contributed by atoms with Gasteiger partial charge in [0.05, 0.1) is 24.6 Å². The monoisotopic (exact) mass is 440 g/mol. The summed E-state index contributed by atoms with van der Waals surface area (Å²) in [6, 6.07) is 2.17. The Kier molecular flexibility index (Phi) is 4.67. The second-order valence-electron chi connectivity index (χ2n) is 7.75. The molecule has 31 heavy (non-hydrogen) atoms. The molecule has 1 saturated carbocycles. The number of fused-ring (bicyclic) bond motifs is 2. The van der Waals surface area contributed by atoms with Gasteiger partial charge in [-0.2, -0.15) is 18.3 Å². The minimum Gasteiger partial charge on any atom is -0.477 e. The summed E-state index contributed by atoms with van der Waals surface area (Å²) in [5.74, 6) is 1.82. The predicted octanol–water partition coefficient (Wildman–Crippen LogP) is 3.27. The molecule has 0 amide bonds. The van der Waals surface area contributed by atoms with E-state index in [0.717, 1.165) is 30.0 Å². The van der Waals surface area contributed by atoms with Crippen LogP contribution in [0.5, 0.6) is 5.88 Å². The molecule has 0 bridgehead atoms. The van der Waals surface area contributed by atoms with E-state index in [-0.39, 0.29) is 5.88 Å². The summed E-state index contributed by atoms with van der Waals surface area (Å²) in [5.41, 5.74) is -0.0255. The van der Waals surface area contributed by atoms with E-state index in [1.807, 2.05) is 4.90 Å². The smallest absolute Gasteiger partial charge is 0.417 e. The van der Waals surface area contributed by atoms with Crippen LogP contribution in [-0.4, -0.2) is 50.9 Å². The first-order valence-electron chi connectivity index (χ1n) is 9.67. The van der Waals surface area contributed by atoms with Crippen LogP contribution in [0.1, 0.15) is 5.56 Å². The van der Waals surface area contributed by atoms with E-state index in [9.17, 15) is 22.0 Å². The molecule has 0 radical (unpaired) electrons. The van der Waals surface area contributed by atoms with Crippen molar-refractivity contribution < 1.29 is 26.7 Å². The maximum absolute atomic E-state index is 12.7. The Labute approximate surface area is 172 Å². The number of hydrogen-bond acceptors (Lipinski definition) is 6. The van der Waals surface area contributed by atoms with E-state index in [4.69, 9.17) is 4.74 Å². The summed E-state index contributed by atoms with van der Waals surface area (Å²) < 4.78 is 69.9. The van der Waals surface area contributed by atoms with E-state index >= 15 is 0 Å². The Hall–Kier alpha value is -3.05. The highest BCUT2D eigenvalue weighted by molar-refractivity contribution is 5.71. The van der Waals surface area contributed by atoms with Crippen LogP contribution < -0.4 is 9.64 Å². The van der Waals surface area contributed by atoms with Gasteiger partial charge < -0.3 is 9.64 Å². The second-order valence-corrected chi connectivity index (χ2v) is 7.75. The zero-order valence-electron chi connectivity index (χ0n) is 16.0. The number of ether oxygens (including phenoxy) is 1. The summed E-state index contributed by atoms with van der Waals surface area (Å²) in [6.07, 6.45) is -3.17. The van der Waals surface area contributed by atoms with Crippen molar-refractivity contribution in [2.24, 2.45) is 17.8 Å². The lowest BCUT2D eigenvalue weighted by molar-refractivity contribution is -0.137. The topological polar surface area (TPSA) is 69.0 Å². The number of pyridine rings is 1. The van der Waals surface area contributed by atoms with Crippen molar-refractivity contribution in [2.75, 3.05) is 24.6 Å². The van der Waals surface area contributed by atoms with Crippen LogP contribution in [0, 0.1) is 17.8 Å². The molecule has 164 valence electrons. The molecule has 0 spiro atoms. The van der Waals surface area contributed by atoms with E-state index in [1.165, 1.54) is 12.3 Å². The highest BCUT2D eigenvalue weighted by Gasteiger charge is 2.56. The number of alkyl halides is 5. The zero-order chi connectivity index (χ0) is 21.8. The quantitative estimate of drug-likeness (QED) is 0.548. The first kappa shape index (κ1) is 19.9. The Bertz CT molecular complexity index is 1070. The molecule has 2 aliphatic rings. The van der Waals surface area contributed by atoms with Gasteiger partial charge >= 0.3 is 6.18 Å². The van der Waals surface area contributed by atoms with Gasteiger partial charge in [0.15, 0.2) is 5.65 Å². The van der Waals surface area contributed by atoms with E-state index < -0.39 is 24.7 Å². The van der Waals surface area contributed by atoms with Crippen LogP contribution in [-0.2, 0) is 12.7 Å². The molecule has 1 saturated heterocycles. The summed E-state index contributed by atoms with van der Waals surface area (Å²) in [7, 11) is 0. The van der Waals surface area contributed by atoms with Crippen LogP contribution in [0.4, 0.5) is 27.8 Å². The fourth-order valence-corrected chi connectivity index (χ4v) is 4.16. The molecule has 1 aliphatic carbocycles. The van der Waals surface area contributed by atoms with E-state index in [0.29, 0.717) is 41.3 Å². The summed E-state index contributed by atoms with van der Waals surface area (Å²) in [4.78, 5) is 14.5. The lowest BCUT2D eigenvalue weighted by Gasteiger charge is -2.20. The lowest BCUT2D eigenvalue weighted by atomic mass is 10.2. The predicted molar refractivity (Wildman–Crippen MR) is 98.7 cm³/mol. The van der Waals surface area contributed by atoms with E-state index in [2.05, 4.69) is 20.1 Å². The van der Waals surface area contributed by atoms with Crippen molar-refractivity contribution >= 4 is 17.0 Å². The van der Waals surface area contributed by atoms with Crippen molar-refractivity contribution in [2.45, 2.75) is 19.1 Å². The molecule has 0 N–H and O–H groups in total. The fourth-order valence-electron chi connectivity index (χ4n) is 4.16. The maximum Gasteiger partial charge on any atom is 0.417 e. The first-order valence-corrected chi connectivity index (χ1v) is 9.67. The van der Waals surface area contributed by atoms with Gasteiger partial charge in [-0.25, -0.2) is 28.4 Å². The van der Waals surface area contributed by atoms with Crippen molar-refractivity contribution in [1.29, 1.82) is 0 Å². The summed E-state index contributed by atoms with van der Waals surface area (Å²) in [6.45, 7) is 1.29. The number of rotatable bonds is 6. The van der Waals surface area contributed by atoms with E-state index in [1.54, 1.807) is 6.20 Å². The van der Waals surface area contributed by atoms with Gasteiger partial charge in [0.2, 0.25) is 5.88 Å². The average molecular weight is 440 g/mol. The normalized spacial score (nSPS) is 22.9. The van der Waals surface area contributed by atoms with Gasteiger partial charge in [0.25, 0.3) is 6.43 Å².